The fourth-order valence-electron chi connectivity index (χ4n) is 2.53. The standard InChI is InChI=1S/C15H21NO2/c1-11-9-13(18-2)3-4-14(11)15(17)10-12-5-7-16-8-6-12/h3-4,9,12,16H,5-8,10H2,1-2H3. The molecule has 98 valence electrons. The van der Waals surface area contributed by atoms with Crippen LogP contribution in [0.2, 0.25) is 0 Å². The van der Waals surface area contributed by atoms with Gasteiger partial charge in [-0.2, -0.15) is 0 Å². The Labute approximate surface area is 109 Å². The first-order chi connectivity index (χ1) is 8.70. The summed E-state index contributed by atoms with van der Waals surface area (Å²) in [7, 11) is 1.64. The largest absolute Gasteiger partial charge is 0.497 e. The van der Waals surface area contributed by atoms with Crippen LogP contribution in [0.25, 0.3) is 0 Å². The average molecular weight is 247 g/mol. The molecule has 0 radical (unpaired) electrons. The average Bonchev–Trinajstić information content (AvgIpc) is 2.39. The molecule has 0 amide bonds. The predicted octanol–water partition coefficient (Wildman–Crippen LogP) is 2.58. The van der Waals surface area contributed by atoms with Gasteiger partial charge < -0.3 is 10.1 Å². The van der Waals surface area contributed by atoms with E-state index in [-0.39, 0.29) is 5.78 Å². The summed E-state index contributed by atoms with van der Waals surface area (Å²) in [6, 6.07) is 5.68. The number of Topliss-reactive ketones (excluding diaryl/α,β-unsaturated/α-hetero) is 1. The summed E-state index contributed by atoms with van der Waals surface area (Å²) in [4.78, 5) is 12.3. The van der Waals surface area contributed by atoms with Crippen LogP contribution in [0.5, 0.6) is 5.75 Å². The first kappa shape index (κ1) is 13.1. The third-order valence-electron chi connectivity index (χ3n) is 3.67. The molecule has 1 aliphatic rings. The molecular formula is C15H21NO2. The first-order valence-electron chi connectivity index (χ1n) is 6.59. The lowest BCUT2D eigenvalue weighted by Crippen LogP contribution is -2.29. The minimum atomic E-state index is 0.266. The van der Waals surface area contributed by atoms with Crippen molar-refractivity contribution in [2.75, 3.05) is 20.2 Å². The van der Waals surface area contributed by atoms with Crippen LogP contribution < -0.4 is 10.1 Å². The lowest BCUT2D eigenvalue weighted by molar-refractivity contribution is 0.0952. The van der Waals surface area contributed by atoms with Crippen molar-refractivity contribution in [1.29, 1.82) is 0 Å². The molecule has 0 aromatic heterocycles. The van der Waals surface area contributed by atoms with Gasteiger partial charge in [0.05, 0.1) is 7.11 Å². The Morgan fingerprint density at radius 1 is 1.39 bits per heavy atom. The van der Waals surface area contributed by atoms with Crippen molar-refractivity contribution in [1.82, 2.24) is 5.32 Å². The third-order valence-corrected chi connectivity index (χ3v) is 3.67. The van der Waals surface area contributed by atoms with Gasteiger partial charge >= 0.3 is 0 Å². The van der Waals surface area contributed by atoms with E-state index in [2.05, 4.69) is 5.32 Å². The van der Waals surface area contributed by atoms with Gasteiger partial charge in [0.1, 0.15) is 5.75 Å². The van der Waals surface area contributed by atoms with E-state index in [4.69, 9.17) is 4.74 Å². The number of hydrogen-bond acceptors (Lipinski definition) is 3. The van der Waals surface area contributed by atoms with Crippen LogP contribution in [0.1, 0.15) is 35.2 Å². The van der Waals surface area contributed by atoms with Gasteiger partial charge in [-0.05, 0) is 62.5 Å². The van der Waals surface area contributed by atoms with Crippen LogP contribution in [0.4, 0.5) is 0 Å². The van der Waals surface area contributed by atoms with Crippen LogP contribution in [-0.4, -0.2) is 26.0 Å². The van der Waals surface area contributed by atoms with Crippen molar-refractivity contribution < 1.29 is 9.53 Å². The van der Waals surface area contributed by atoms with E-state index in [9.17, 15) is 4.79 Å². The monoisotopic (exact) mass is 247 g/mol. The van der Waals surface area contributed by atoms with Gasteiger partial charge in [-0.1, -0.05) is 0 Å². The smallest absolute Gasteiger partial charge is 0.163 e. The zero-order valence-corrected chi connectivity index (χ0v) is 11.2. The van der Waals surface area contributed by atoms with Crippen LogP contribution >= 0.6 is 0 Å². The van der Waals surface area contributed by atoms with Crippen LogP contribution in [0, 0.1) is 12.8 Å². The topological polar surface area (TPSA) is 38.3 Å². The Bertz CT molecular complexity index is 423. The second-order valence-electron chi connectivity index (χ2n) is 5.00. The van der Waals surface area contributed by atoms with Gasteiger partial charge in [0.15, 0.2) is 5.78 Å². The Kier molecular flexibility index (Phi) is 4.37. The Hall–Kier alpha value is -1.35. The number of methoxy groups -OCH3 is 1. The summed E-state index contributed by atoms with van der Waals surface area (Å²) < 4.78 is 5.16. The van der Waals surface area contributed by atoms with E-state index in [1.807, 2.05) is 25.1 Å². The maximum Gasteiger partial charge on any atom is 0.163 e. The summed E-state index contributed by atoms with van der Waals surface area (Å²) in [5.74, 6) is 1.62. The Morgan fingerprint density at radius 2 is 2.11 bits per heavy atom. The van der Waals surface area contributed by atoms with Gasteiger partial charge in [-0.25, -0.2) is 0 Å². The van der Waals surface area contributed by atoms with Crippen molar-refractivity contribution in [3.05, 3.63) is 29.3 Å². The van der Waals surface area contributed by atoms with Crippen molar-refractivity contribution in [3.63, 3.8) is 0 Å². The van der Waals surface area contributed by atoms with E-state index < -0.39 is 0 Å². The highest BCUT2D eigenvalue weighted by Crippen LogP contribution is 2.22. The first-order valence-corrected chi connectivity index (χ1v) is 6.59. The van der Waals surface area contributed by atoms with Gasteiger partial charge in [-0.3, -0.25) is 4.79 Å². The molecule has 1 aromatic rings. The Balaban J connectivity index is 2.03. The molecule has 2 rings (SSSR count). The molecule has 3 nitrogen and oxygen atoms in total. The molecule has 1 N–H and O–H groups in total. The highest BCUT2D eigenvalue weighted by molar-refractivity contribution is 5.97. The quantitative estimate of drug-likeness (QED) is 0.831. The molecule has 3 heteroatoms. The Morgan fingerprint density at radius 3 is 2.72 bits per heavy atom. The fraction of sp³-hybridized carbons (Fsp3) is 0.533. The summed E-state index contributed by atoms with van der Waals surface area (Å²) in [6.45, 7) is 4.05. The maximum absolute atomic E-state index is 12.3. The predicted molar refractivity (Wildman–Crippen MR) is 72.3 cm³/mol. The molecule has 0 saturated carbocycles. The molecule has 1 heterocycles. The third kappa shape index (κ3) is 3.10. The number of nitrogens with one attached hydrogen (secondary N) is 1. The minimum Gasteiger partial charge on any atom is -0.497 e. The number of rotatable bonds is 4. The van der Waals surface area contributed by atoms with E-state index in [0.29, 0.717) is 12.3 Å². The van der Waals surface area contributed by atoms with E-state index in [1.54, 1.807) is 7.11 Å². The van der Waals surface area contributed by atoms with Crippen molar-refractivity contribution in [2.45, 2.75) is 26.2 Å². The molecule has 1 fully saturated rings. The molecule has 0 aliphatic carbocycles. The van der Waals surface area contributed by atoms with Crippen LogP contribution in [-0.2, 0) is 0 Å². The molecule has 0 unspecified atom stereocenters. The molecule has 1 aliphatic heterocycles. The van der Waals surface area contributed by atoms with Crippen LogP contribution in [0.15, 0.2) is 18.2 Å². The number of ether oxygens (including phenoxy) is 1. The highest BCUT2D eigenvalue weighted by Gasteiger charge is 2.18. The number of hydrogen-bond donors (Lipinski definition) is 1. The number of ketones is 1. The normalized spacial score (nSPS) is 16.6. The minimum absolute atomic E-state index is 0.266. The number of benzene rings is 1. The molecule has 1 saturated heterocycles. The number of carbonyl (C=O) groups excluding carboxylic acids is 1. The molecule has 0 bridgehead atoms. The van der Waals surface area contributed by atoms with Gasteiger partial charge in [0.2, 0.25) is 0 Å². The zero-order chi connectivity index (χ0) is 13.0. The lowest BCUT2D eigenvalue weighted by atomic mass is 9.89. The van der Waals surface area contributed by atoms with Gasteiger partial charge in [0, 0.05) is 12.0 Å². The van der Waals surface area contributed by atoms with E-state index in [0.717, 1.165) is 42.8 Å². The van der Waals surface area contributed by atoms with Gasteiger partial charge in [-0.15, -0.1) is 0 Å². The number of piperidine rings is 1. The summed E-state index contributed by atoms with van der Waals surface area (Å²) in [5, 5.41) is 3.33. The zero-order valence-electron chi connectivity index (χ0n) is 11.2. The summed E-state index contributed by atoms with van der Waals surface area (Å²) in [5.41, 5.74) is 1.85. The fourth-order valence-corrected chi connectivity index (χ4v) is 2.53. The highest BCUT2D eigenvalue weighted by atomic mass is 16.5. The lowest BCUT2D eigenvalue weighted by Gasteiger charge is -2.22. The number of aryl methyl sites for hydroxylation is 1. The van der Waals surface area contributed by atoms with Crippen molar-refractivity contribution >= 4 is 5.78 Å². The van der Waals surface area contributed by atoms with E-state index >= 15 is 0 Å². The van der Waals surface area contributed by atoms with Gasteiger partial charge in [0.25, 0.3) is 0 Å². The second-order valence-corrected chi connectivity index (χ2v) is 5.00. The molecule has 0 spiro atoms. The van der Waals surface area contributed by atoms with Crippen LogP contribution in [0.3, 0.4) is 0 Å². The molecule has 0 atom stereocenters. The SMILES string of the molecule is COc1ccc(C(=O)CC2CCNCC2)c(C)c1. The van der Waals surface area contributed by atoms with Crippen molar-refractivity contribution in [2.24, 2.45) is 5.92 Å². The molecule has 18 heavy (non-hydrogen) atoms. The summed E-state index contributed by atoms with van der Waals surface area (Å²) in [6.07, 6.45) is 2.90. The maximum atomic E-state index is 12.3. The molecule has 1 aromatic carbocycles. The second kappa shape index (κ2) is 6.01. The molecular weight excluding hydrogens is 226 g/mol. The van der Waals surface area contributed by atoms with Crippen molar-refractivity contribution in [3.8, 4) is 5.75 Å². The summed E-state index contributed by atoms with van der Waals surface area (Å²) >= 11 is 0. The van der Waals surface area contributed by atoms with E-state index in [1.165, 1.54) is 0 Å². The number of carbonyl (C=O) groups is 1.